The quantitative estimate of drug-likeness (QED) is 0.818. The van der Waals surface area contributed by atoms with Gasteiger partial charge < -0.3 is 14.4 Å². The van der Waals surface area contributed by atoms with Gasteiger partial charge in [0.1, 0.15) is 17.1 Å². The largest absolute Gasteiger partial charge is 0.497 e. The van der Waals surface area contributed by atoms with Crippen LogP contribution in [0.4, 0.5) is 0 Å². The number of nitrogens with zero attached hydrogens (tertiary/aromatic N) is 1. The van der Waals surface area contributed by atoms with Crippen molar-refractivity contribution in [3.8, 4) is 11.5 Å². The van der Waals surface area contributed by atoms with Crippen LogP contribution < -0.4 is 9.47 Å². The molecular formula is C23H25NO4. The van der Waals surface area contributed by atoms with Gasteiger partial charge in [-0.3, -0.25) is 9.59 Å². The van der Waals surface area contributed by atoms with Crippen LogP contribution in [-0.2, 0) is 11.2 Å². The van der Waals surface area contributed by atoms with Crippen LogP contribution in [0, 0.1) is 6.92 Å². The lowest BCUT2D eigenvalue weighted by Gasteiger charge is -2.44. The van der Waals surface area contributed by atoms with E-state index in [2.05, 4.69) is 0 Å². The van der Waals surface area contributed by atoms with Crippen LogP contribution in [0.25, 0.3) is 0 Å². The van der Waals surface area contributed by atoms with E-state index >= 15 is 0 Å². The maximum Gasteiger partial charge on any atom is 0.226 e. The Kier molecular flexibility index (Phi) is 4.84. The van der Waals surface area contributed by atoms with Gasteiger partial charge in [0.2, 0.25) is 5.91 Å². The summed E-state index contributed by atoms with van der Waals surface area (Å²) in [4.78, 5) is 27.2. The third kappa shape index (κ3) is 3.61. The first-order valence-electron chi connectivity index (χ1n) is 9.72. The molecule has 1 spiro atoms. The fraction of sp³-hybridized carbons (Fsp3) is 0.391. The first-order valence-corrected chi connectivity index (χ1v) is 9.72. The highest BCUT2D eigenvalue weighted by Crippen LogP contribution is 2.39. The minimum Gasteiger partial charge on any atom is -0.497 e. The zero-order valence-electron chi connectivity index (χ0n) is 16.4. The van der Waals surface area contributed by atoms with Gasteiger partial charge in [-0.25, -0.2) is 0 Å². The maximum absolute atomic E-state index is 12.7. The fourth-order valence-electron chi connectivity index (χ4n) is 4.08. The van der Waals surface area contributed by atoms with Gasteiger partial charge in [-0.05, 0) is 36.8 Å². The Balaban J connectivity index is 1.39. The van der Waals surface area contributed by atoms with E-state index in [9.17, 15) is 9.59 Å². The van der Waals surface area contributed by atoms with Crippen molar-refractivity contribution >= 4 is 11.7 Å². The van der Waals surface area contributed by atoms with Gasteiger partial charge in [-0.15, -0.1) is 0 Å². The van der Waals surface area contributed by atoms with E-state index in [0.717, 1.165) is 16.9 Å². The van der Waals surface area contributed by atoms with Crippen LogP contribution in [0.3, 0.4) is 0 Å². The molecule has 0 radical (unpaired) electrons. The number of rotatable bonds is 3. The lowest BCUT2D eigenvalue weighted by Crippen LogP contribution is -2.52. The third-order valence-electron chi connectivity index (χ3n) is 5.79. The molecule has 0 aliphatic carbocycles. The van der Waals surface area contributed by atoms with Gasteiger partial charge in [0.05, 0.1) is 25.5 Å². The summed E-state index contributed by atoms with van der Waals surface area (Å²) in [6.07, 6.45) is 2.13. The van der Waals surface area contributed by atoms with Crippen LogP contribution in [0.5, 0.6) is 11.5 Å². The molecule has 5 nitrogen and oxygen atoms in total. The molecule has 0 aromatic heterocycles. The molecule has 2 heterocycles. The number of carbonyl (C=O) groups is 2. The second kappa shape index (κ2) is 7.30. The van der Waals surface area contributed by atoms with Crippen molar-refractivity contribution in [2.75, 3.05) is 20.2 Å². The zero-order chi connectivity index (χ0) is 19.7. The lowest BCUT2D eigenvalue weighted by molar-refractivity contribution is -0.134. The molecule has 146 valence electrons. The summed E-state index contributed by atoms with van der Waals surface area (Å²) in [7, 11) is 1.63. The van der Waals surface area contributed by atoms with E-state index in [0.29, 0.717) is 50.1 Å². The number of ketones is 1. The molecule has 0 bridgehead atoms. The number of ether oxygens (including phenoxy) is 2. The highest BCUT2D eigenvalue weighted by Gasteiger charge is 2.43. The molecule has 1 fully saturated rings. The number of aryl methyl sites for hydroxylation is 1. The highest BCUT2D eigenvalue weighted by molar-refractivity contribution is 6.00. The Morgan fingerprint density at radius 2 is 1.86 bits per heavy atom. The van der Waals surface area contributed by atoms with Crippen LogP contribution in [-0.4, -0.2) is 42.4 Å². The lowest BCUT2D eigenvalue weighted by atomic mass is 9.82. The van der Waals surface area contributed by atoms with Gasteiger partial charge in [0.25, 0.3) is 0 Å². The summed E-state index contributed by atoms with van der Waals surface area (Å²) in [5.74, 6) is 1.71. The number of hydrogen-bond acceptors (Lipinski definition) is 4. The number of hydrogen-bond donors (Lipinski definition) is 0. The van der Waals surface area contributed by atoms with E-state index in [1.54, 1.807) is 7.11 Å². The number of likely N-dealkylation sites (tertiary alicyclic amines) is 1. The molecule has 0 saturated carbocycles. The Labute approximate surface area is 165 Å². The topological polar surface area (TPSA) is 55.8 Å². The van der Waals surface area contributed by atoms with Crippen LogP contribution in [0.2, 0.25) is 0 Å². The van der Waals surface area contributed by atoms with Crippen molar-refractivity contribution in [3.05, 3.63) is 59.2 Å². The van der Waals surface area contributed by atoms with Gasteiger partial charge in [-0.1, -0.05) is 23.8 Å². The van der Waals surface area contributed by atoms with Crippen LogP contribution in [0.1, 0.15) is 40.7 Å². The maximum atomic E-state index is 12.7. The SMILES string of the molecule is COc1ccc(CC(=O)N2CCC3(CC2)CC(=O)c2cc(C)ccc2O3)cc1. The number of Topliss-reactive ketones (excluding diaryl/α,β-unsaturated/α-hetero) is 1. The molecular weight excluding hydrogens is 354 g/mol. The Morgan fingerprint density at radius 1 is 1.14 bits per heavy atom. The number of fused-ring (bicyclic) bond motifs is 1. The van der Waals surface area contributed by atoms with Gasteiger partial charge >= 0.3 is 0 Å². The summed E-state index contributed by atoms with van der Waals surface area (Å²) in [5.41, 5.74) is 2.24. The monoisotopic (exact) mass is 379 g/mol. The normalized spacial score (nSPS) is 17.8. The molecule has 0 unspecified atom stereocenters. The minimum atomic E-state index is -0.476. The Bertz CT molecular complexity index is 895. The Morgan fingerprint density at radius 3 is 2.54 bits per heavy atom. The fourth-order valence-corrected chi connectivity index (χ4v) is 4.08. The van der Waals surface area contributed by atoms with Crippen molar-refractivity contribution in [1.82, 2.24) is 4.90 Å². The average molecular weight is 379 g/mol. The number of benzene rings is 2. The number of methoxy groups -OCH3 is 1. The zero-order valence-corrected chi connectivity index (χ0v) is 16.4. The molecule has 0 atom stereocenters. The van der Waals surface area contributed by atoms with Crippen molar-refractivity contribution in [2.24, 2.45) is 0 Å². The summed E-state index contributed by atoms with van der Waals surface area (Å²) in [6.45, 7) is 3.21. The van der Waals surface area contributed by atoms with E-state index in [-0.39, 0.29) is 11.7 Å². The van der Waals surface area contributed by atoms with Gasteiger partial charge in [0, 0.05) is 25.9 Å². The first-order chi connectivity index (χ1) is 13.5. The minimum absolute atomic E-state index is 0.109. The van der Waals surface area contributed by atoms with Crippen LogP contribution >= 0.6 is 0 Å². The van der Waals surface area contributed by atoms with Gasteiger partial charge in [0.15, 0.2) is 5.78 Å². The van der Waals surface area contributed by atoms with E-state index < -0.39 is 5.60 Å². The molecule has 5 heteroatoms. The van der Waals surface area contributed by atoms with E-state index in [1.807, 2.05) is 54.3 Å². The molecule has 2 aromatic carbocycles. The molecule has 28 heavy (non-hydrogen) atoms. The molecule has 1 amide bonds. The highest BCUT2D eigenvalue weighted by atomic mass is 16.5. The standard InChI is InChI=1S/C23H25NO4/c1-16-3-8-21-19(13-16)20(25)15-23(28-21)9-11-24(12-10-23)22(26)14-17-4-6-18(27-2)7-5-17/h3-8,13H,9-12,14-15H2,1-2H3. The molecule has 2 aromatic rings. The van der Waals surface area contributed by atoms with Gasteiger partial charge in [-0.2, -0.15) is 0 Å². The summed E-state index contributed by atoms with van der Waals surface area (Å²) >= 11 is 0. The van der Waals surface area contributed by atoms with Crippen molar-refractivity contribution in [1.29, 1.82) is 0 Å². The summed E-state index contributed by atoms with van der Waals surface area (Å²) in [5, 5.41) is 0. The smallest absolute Gasteiger partial charge is 0.226 e. The average Bonchev–Trinajstić information content (AvgIpc) is 2.70. The molecule has 1 saturated heterocycles. The van der Waals surface area contributed by atoms with Crippen molar-refractivity contribution in [2.45, 2.75) is 38.2 Å². The molecule has 4 rings (SSSR count). The number of amides is 1. The summed E-state index contributed by atoms with van der Waals surface area (Å²) < 4.78 is 11.4. The van der Waals surface area contributed by atoms with E-state index in [4.69, 9.17) is 9.47 Å². The number of piperidine rings is 1. The van der Waals surface area contributed by atoms with Crippen molar-refractivity contribution in [3.63, 3.8) is 0 Å². The molecule has 0 N–H and O–H groups in total. The Hall–Kier alpha value is -2.82. The van der Waals surface area contributed by atoms with Crippen LogP contribution in [0.15, 0.2) is 42.5 Å². The van der Waals surface area contributed by atoms with E-state index in [1.165, 1.54) is 0 Å². The first kappa shape index (κ1) is 18.5. The predicted molar refractivity (Wildman–Crippen MR) is 106 cm³/mol. The molecule has 2 aliphatic heterocycles. The van der Waals surface area contributed by atoms with Crippen molar-refractivity contribution < 1.29 is 19.1 Å². The third-order valence-corrected chi connectivity index (χ3v) is 5.79. The number of carbonyl (C=O) groups excluding carboxylic acids is 2. The predicted octanol–water partition coefficient (Wildman–Crippen LogP) is 3.57. The second-order valence-electron chi connectivity index (χ2n) is 7.79. The summed E-state index contributed by atoms with van der Waals surface area (Å²) in [6, 6.07) is 13.3. The molecule has 2 aliphatic rings. The second-order valence-corrected chi connectivity index (χ2v) is 7.79.